The van der Waals surface area contributed by atoms with Crippen molar-refractivity contribution in [3.63, 3.8) is 0 Å². The van der Waals surface area contributed by atoms with Crippen LogP contribution in [0.3, 0.4) is 0 Å². The molecular weight excluding hydrogens is 233 g/mol. The molecule has 0 aromatic heterocycles. The van der Waals surface area contributed by atoms with Crippen LogP contribution in [0.25, 0.3) is 0 Å². The highest BCUT2D eigenvalue weighted by molar-refractivity contribution is 5.73. The lowest BCUT2D eigenvalue weighted by atomic mass is 10.1. The highest BCUT2D eigenvalue weighted by Gasteiger charge is 2.19. The van der Waals surface area contributed by atoms with Crippen molar-refractivity contribution in [2.45, 2.75) is 13.5 Å². The summed E-state index contributed by atoms with van der Waals surface area (Å²) in [6.07, 6.45) is 0. The molecule has 1 aromatic carbocycles. The number of nitrogens with two attached hydrogens (primary N) is 1. The van der Waals surface area contributed by atoms with Crippen LogP contribution in [-0.4, -0.2) is 41.9 Å². The van der Waals surface area contributed by atoms with E-state index in [1.165, 1.54) is 6.07 Å². The molecule has 98 valence electrons. The lowest BCUT2D eigenvalue weighted by Gasteiger charge is -2.34. The standard InChI is InChI=1S/C13H18FN3O/c1-10(18)17-6-4-16(5-7-17)9-11-2-3-12(15)8-13(11)14/h2-3,8H,4-7,9,15H2,1H3. The smallest absolute Gasteiger partial charge is 0.219 e. The molecule has 4 nitrogen and oxygen atoms in total. The van der Waals surface area contributed by atoms with Gasteiger partial charge in [-0.3, -0.25) is 9.69 Å². The van der Waals surface area contributed by atoms with Gasteiger partial charge in [0.2, 0.25) is 5.91 Å². The molecule has 1 saturated heterocycles. The summed E-state index contributed by atoms with van der Waals surface area (Å²) in [5.41, 5.74) is 6.61. The van der Waals surface area contributed by atoms with E-state index in [0.717, 1.165) is 13.1 Å². The van der Waals surface area contributed by atoms with E-state index in [9.17, 15) is 9.18 Å². The van der Waals surface area contributed by atoms with Gasteiger partial charge in [-0.05, 0) is 12.1 Å². The lowest BCUT2D eigenvalue weighted by Crippen LogP contribution is -2.47. The Balaban J connectivity index is 1.93. The van der Waals surface area contributed by atoms with Gasteiger partial charge >= 0.3 is 0 Å². The molecule has 0 bridgehead atoms. The first-order chi connectivity index (χ1) is 8.56. The van der Waals surface area contributed by atoms with Gasteiger partial charge in [0.1, 0.15) is 5.82 Å². The highest BCUT2D eigenvalue weighted by Crippen LogP contribution is 2.15. The number of carbonyl (C=O) groups excluding carboxylic acids is 1. The Bertz CT molecular complexity index is 442. The molecule has 1 amide bonds. The zero-order valence-corrected chi connectivity index (χ0v) is 10.5. The van der Waals surface area contributed by atoms with E-state index in [-0.39, 0.29) is 11.7 Å². The van der Waals surface area contributed by atoms with Crippen molar-refractivity contribution >= 4 is 11.6 Å². The summed E-state index contributed by atoms with van der Waals surface area (Å²) in [6, 6.07) is 4.79. The Labute approximate surface area is 106 Å². The normalized spacial score (nSPS) is 16.9. The fourth-order valence-electron chi connectivity index (χ4n) is 2.15. The largest absolute Gasteiger partial charge is 0.399 e. The number of hydrogen-bond acceptors (Lipinski definition) is 3. The summed E-state index contributed by atoms with van der Waals surface area (Å²) in [7, 11) is 0. The Hall–Kier alpha value is -1.62. The molecule has 0 radical (unpaired) electrons. The molecular formula is C13H18FN3O. The van der Waals surface area contributed by atoms with Crippen LogP contribution >= 0.6 is 0 Å². The summed E-state index contributed by atoms with van der Waals surface area (Å²) >= 11 is 0. The van der Waals surface area contributed by atoms with Crippen LogP contribution in [0.1, 0.15) is 12.5 Å². The number of carbonyl (C=O) groups is 1. The third kappa shape index (κ3) is 2.98. The molecule has 1 aliphatic rings. The molecule has 0 atom stereocenters. The van der Waals surface area contributed by atoms with Crippen LogP contribution in [0.5, 0.6) is 0 Å². The van der Waals surface area contributed by atoms with Gasteiger partial charge in [-0.1, -0.05) is 6.07 Å². The van der Waals surface area contributed by atoms with Gasteiger partial charge < -0.3 is 10.6 Å². The Kier molecular flexibility index (Phi) is 3.81. The van der Waals surface area contributed by atoms with E-state index >= 15 is 0 Å². The fraction of sp³-hybridized carbons (Fsp3) is 0.462. The minimum atomic E-state index is -0.260. The number of piperazine rings is 1. The van der Waals surface area contributed by atoms with Gasteiger partial charge in [-0.15, -0.1) is 0 Å². The number of amides is 1. The Morgan fingerprint density at radius 1 is 1.33 bits per heavy atom. The fourth-order valence-corrected chi connectivity index (χ4v) is 2.15. The van der Waals surface area contributed by atoms with Gasteiger partial charge in [0.15, 0.2) is 0 Å². The van der Waals surface area contributed by atoms with Crippen LogP contribution in [0.2, 0.25) is 0 Å². The predicted octanol–water partition coefficient (Wildman–Crippen LogP) is 1.07. The van der Waals surface area contributed by atoms with Crippen molar-refractivity contribution in [3.05, 3.63) is 29.6 Å². The first kappa shape index (κ1) is 12.8. The molecule has 18 heavy (non-hydrogen) atoms. The molecule has 1 heterocycles. The van der Waals surface area contributed by atoms with Crippen molar-refractivity contribution in [2.75, 3.05) is 31.9 Å². The third-order valence-corrected chi connectivity index (χ3v) is 3.29. The van der Waals surface area contributed by atoms with E-state index in [0.29, 0.717) is 30.9 Å². The first-order valence-electron chi connectivity index (χ1n) is 6.08. The molecule has 0 saturated carbocycles. The van der Waals surface area contributed by atoms with Gasteiger partial charge in [0.05, 0.1) is 0 Å². The molecule has 1 fully saturated rings. The lowest BCUT2D eigenvalue weighted by molar-refractivity contribution is -0.130. The molecule has 1 aromatic rings. The van der Waals surface area contributed by atoms with E-state index in [1.54, 1.807) is 19.1 Å². The Morgan fingerprint density at radius 3 is 2.56 bits per heavy atom. The summed E-state index contributed by atoms with van der Waals surface area (Å²) in [5.74, 6) is -0.155. The van der Waals surface area contributed by atoms with E-state index in [4.69, 9.17) is 5.73 Å². The molecule has 2 N–H and O–H groups in total. The van der Waals surface area contributed by atoms with Crippen LogP contribution in [-0.2, 0) is 11.3 Å². The predicted molar refractivity (Wildman–Crippen MR) is 68.3 cm³/mol. The Morgan fingerprint density at radius 2 is 2.00 bits per heavy atom. The van der Waals surface area contributed by atoms with Crippen molar-refractivity contribution in [1.29, 1.82) is 0 Å². The summed E-state index contributed by atoms with van der Waals surface area (Å²) in [4.78, 5) is 15.2. The van der Waals surface area contributed by atoms with Crippen LogP contribution in [0.4, 0.5) is 10.1 Å². The van der Waals surface area contributed by atoms with E-state index in [1.807, 2.05) is 4.90 Å². The van der Waals surface area contributed by atoms with E-state index in [2.05, 4.69) is 4.90 Å². The topological polar surface area (TPSA) is 49.6 Å². The molecule has 0 aliphatic carbocycles. The second-order valence-corrected chi connectivity index (χ2v) is 4.63. The molecule has 1 aliphatic heterocycles. The second-order valence-electron chi connectivity index (χ2n) is 4.63. The van der Waals surface area contributed by atoms with Crippen molar-refractivity contribution < 1.29 is 9.18 Å². The minimum absolute atomic E-state index is 0.105. The number of nitrogens with zero attached hydrogens (tertiary/aromatic N) is 2. The van der Waals surface area contributed by atoms with Gasteiger partial charge in [0.25, 0.3) is 0 Å². The average molecular weight is 251 g/mol. The van der Waals surface area contributed by atoms with Gasteiger partial charge in [-0.2, -0.15) is 0 Å². The van der Waals surface area contributed by atoms with E-state index < -0.39 is 0 Å². The first-order valence-corrected chi connectivity index (χ1v) is 6.08. The van der Waals surface area contributed by atoms with Crippen LogP contribution in [0, 0.1) is 5.82 Å². The molecule has 2 rings (SSSR count). The van der Waals surface area contributed by atoms with Gasteiger partial charge in [0, 0.05) is 50.9 Å². The number of rotatable bonds is 2. The third-order valence-electron chi connectivity index (χ3n) is 3.29. The maximum absolute atomic E-state index is 13.6. The van der Waals surface area contributed by atoms with Gasteiger partial charge in [-0.25, -0.2) is 4.39 Å². The monoisotopic (exact) mass is 251 g/mol. The number of halogens is 1. The summed E-state index contributed by atoms with van der Waals surface area (Å²) in [5, 5.41) is 0. The summed E-state index contributed by atoms with van der Waals surface area (Å²) in [6.45, 7) is 5.14. The molecule has 0 unspecified atom stereocenters. The van der Waals surface area contributed by atoms with Crippen LogP contribution < -0.4 is 5.73 Å². The zero-order chi connectivity index (χ0) is 13.1. The number of hydrogen-bond donors (Lipinski definition) is 1. The number of benzene rings is 1. The maximum atomic E-state index is 13.6. The maximum Gasteiger partial charge on any atom is 0.219 e. The van der Waals surface area contributed by atoms with Crippen molar-refractivity contribution in [1.82, 2.24) is 9.80 Å². The average Bonchev–Trinajstić information content (AvgIpc) is 2.33. The molecule has 5 heteroatoms. The highest BCUT2D eigenvalue weighted by atomic mass is 19.1. The van der Waals surface area contributed by atoms with Crippen LogP contribution in [0.15, 0.2) is 18.2 Å². The SMILES string of the molecule is CC(=O)N1CCN(Cc2ccc(N)cc2F)CC1. The number of nitrogen functional groups attached to an aromatic ring is 1. The zero-order valence-electron chi connectivity index (χ0n) is 10.5. The number of anilines is 1. The molecule has 0 spiro atoms. The second kappa shape index (κ2) is 5.35. The minimum Gasteiger partial charge on any atom is -0.399 e. The quantitative estimate of drug-likeness (QED) is 0.800. The van der Waals surface area contributed by atoms with Crippen molar-refractivity contribution in [3.8, 4) is 0 Å². The summed E-state index contributed by atoms with van der Waals surface area (Å²) < 4.78 is 13.6. The van der Waals surface area contributed by atoms with Crippen molar-refractivity contribution in [2.24, 2.45) is 0 Å².